The van der Waals surface area contributed by atoms with Crippen LogP contribution >= 0.6 is 11.8 Å². The molecule has 2 aromatic rings. The third-order valence-corrected chi connectivity index (χ3v) is 4.27. The number of rotatable bonds is 7. The van der Waals surface area contributed by atoms with Crippen molar-refractivity contribution in [3.05, 3.63) is 60.2 Å². The van der Waals surface area contributed by atoms with Gasteiger partial charge in [-0.15, -0.1) is 11.8 Å². The molecule has 122 valence electrons. The summed E-state index contributed by atoms with van der Waals surface area (Å²) in [7, 11) is 0. The van der Waals surface area contributed by atoms with Gasteiger partial charge in [-0.2, -0.15) is 8.78 Å². The maximum Gasteiger partial charge on any atom is 0.387 e. The highest BCUT2D eigenvalue weighted by Gasteiger charge is 2.14. The van der Waals surface area contributed by atoms with Crippen molar-refractivity contribution in [2.24, 2.45) is 0 Å². The standard InChI is InChI=1S/C17H17F2NO2S/c1-12(23-11-13-5-3-2-4-6-13)16(21)20-14-7-9-15(10-8-14)22-17(18)19/h2-10,12,17H,11H2,1H3,(H,20,21). The minimum atomic E-state index is -2.86. The van der Waals surface area contributed by atoms with Gasteiger partial charge >= 0.3 is 6.61 Å². The molecule has 2 rings (SSSR count). The van der Waals surface area contributed by atoms with Gasteiger partial charge < -0.3 is 10.1 Å². The summed E-state index contributed by atoms with van der Waals surface area (Å²) in [6.07, 6.45) is 0. The number of carbonyl (C=O) groups is 1. The summed E-state index contributed by atoms with van der Waals surface area (Å²) < 4.78 is 28.4. The molecule has 23 heavy (non-hydrogen) atoms. The highest BCUT2D eigenvalue weighted by Crippen LogP contribution is 2.21. The Morgan fingerprint density at radius 2 is 1.78 bits per heavy atom. The fourth-order valence-electron chi connectivity index (χ4n) is 1.83. The second-order valence-corrected chi connectivity index (χ2v) is 6.16. The zero-order valence-electron chi connectivity index (χ0n) is 12.5. The highest BCUT2D eigenvalue weighted by atomic mass is 32.2. The van der Waals surface area contributed by atoms with Gasteiger partial charge in [0.25, 0.3) is 0 Å². The zero-order valence-corrected chi connectivity index (χ0v) is 13.4. The summed E-state index contributed by atoms with van der Waals surface area (Å²) in [5, 5.41) is 2.53. The molecular weight excluding hydrogens is 320 g/mol. The average Bonchev–Trinajstić information content (AvgIpc) is 2.55. The fourth-order valence-corrected chi connectivity index (χ4v) is 2.68. The van der Waals surface area contributed by atoms with Crippen LogP contribution < -0.4 is 10.1 Å². The molecule has 0 aliphatic heterocycles. The van der Waals surface area contributed by atoms with E-state index in [9.17, 15) is 13.6 Å². The van der Waals surface area contributed by atoms with Gasteiger partial charge in [0, 0.05) is 11.4 Å². The maximum atomic E-state index is 12.1. The molecule has 2 aromatic carbocycles. The van der Waals surface area contributed by atoms with Gasteiger partial charge in [-0.1, -0.05) is 30.3 Å². The number of hydrogen-bond acceptors (Lipinski definition) is 3. The van der Waals surface area contributed by atoms with E-state index in [4.69, 9.17) is 0 Å². The summed E-state index contributed by atoms with van der Waals surface area (Å²) in [5.41, 5.74) is 1.70. The number of halogens is 2. The van der Waals surface area contributed by atoms with E-state index in [2.05, 4.69) is 10.1 Å². The van der Waals surface area contributed by atoms with Gasteiger partial charge in [0.2, 0.25) is 5.91 Å². The van der Waals surface area contributed by atoms with Crippen LogP contribution in [0, 0.1) is 0 Å². The van der Waals surface area contributed by atoms with E-state index >= 15 is 0 Å². The van der Waals surface area contributed by atoms with Crippen molar-refractivity contribution in [1.29, 1.82) is 0 Å². The predicted octanol–water partition coefficient (Wildman–Crippen LogP) is 4.55. The molecule has 1 atom stereocenters. The summed E-state index contributed by atoms with van der Waals surface area (Å²) in [4.78, 5) is 12.1. The lowest BCUT2D eigenvalue weighted by Crippen LogP contribution is -2.22. The average molecular weight is 337 g/mol. The summed E-state index contributed by atoms with van der Waals surface area (Å²) in [5.74, 6) is 0.675. The van der Waals surface area contributed by atoms with Crippen LogP contribution in [0.1, 0.15) is 12.5 Å². The molecule has 1 amide bonds. The van der Waals surface area contributed by atoms with Gasteiger partial charge in [-0.05, 0) is 36.8 Å². The van der Waals surface area contributed by atoms with E-state index in [-0.39, 0.29) is 16.9 Å². The number of carbonyl (C=O) groups excluding carboxylic acids is 1. The molecule has 6 heteroatoms. The topological polar surface area (TPSA) is 38.3 Å². The molecule has 0 spiro atoms. The number of hydrogen-bond donors (Lipinski definition) is 1. The van der Waals surface area contributed by atoms with Crippen LogP contribution in [0.4, 0.5) is 14.5 Å². The Morgan fingerprint density at radius 3 is 2.39 bits per heavy atom. The number of thioether (sulfide) groups is 1. The lowest BCUT2D eigenvalue weighted by atomic mass is 10.2. The smallest absolute Gasteiger partial charge is 0.387 e. The van der Waals surface area contributed by atoms with Crippen LogP contribution in [-0.2, 0) is 10.5 Å². The van der Waals surface area contributed by atoms with Crippen molar-refractivity contribution >= 4 is 23.4 Å². The Kier molecular flexibility index (Phi) is 6.40. The molecule has 0 fully saturated rings. The van der Waals surface area contributed by atoms with E-state index in [0.717, 1.165) is 11.3 Å². The van der Waals surface area contributed by atoms with Gasteiger partial charge in [0.15, 0.2) is 0 Å². The number of nitrogens with one attached hydrogen (secondary N) is 1. The number of amides is 1. The first-order valence-corrected chi connectivity index (χ1v) is 8.11. The van der Waals surface area contributed by atoms with Crippen LogP contribution in [0.2, 0.25) is 0 Å². The van der Waals surface area contributed by atoms with Crippen molar-refractivity contribution < 1.29 is 18.3 Å². The number of anilines is 1. The Balaban J connectivity index is 1.83. The second kappa shape index (κ2) is 8.53. The number of benzene rings is 2. The van der Waals surface area contributed by atoms with Crippen molar-refractivity contribution in [3.8, 4) is 5.75 Å². The Bertz CT molecular complexity index is 620. The van der Waals surface area contributed by atoms with Crippen LogP contribution in [-0.4, -0.2) is 17.8 Å². The summed E-state index contributed by atoms with van der Waals surface area (Å²) >= 11 is 1.53. The van der Waals surface area contributed by atoms with Crippen molar-refractivity contribution in [1.82, 2.24) is 0 Å². The molecule has 3 nitrogen and oxygen atoms in total. The van der Waals surface area contributed by atoms with Gasteiger partial charge in [-0.3, -0.25) is 4.79 Å². The maximum absolute atomic E-state index is 12.1. The zero-order chi connectivity index (χ0) is 16.7. The molecule has 0 saturated heterocycles. The predicted molar refractivity (Wildman–Crippen MR) is 88.9 cm³/mol. The van der Waals surface area contributed by atoms with Gasteiger partial charge in [0.1, 0.15) is 5.75 Å². The molecule has 1 unspecified atom stereocenters. The molecule has 0 aliphatic rings. The van der Waals surface area contributed by atoms with Crippen LogP contribution in [0.5, 0.6) is 5.75 Å². The third kappa shape index (κ3) is 5.90. The molecule has 0 aliphatic carbocycles. The molecular formula is C17H17F2NO2S. The van der Waals surface area contributed by atoms with E-state index in [0.29, 0.717) is 5.69 Å². The van der Waals surface area contributed by atoms with Crippen LogP contribution in [0.15, 0.2) is 54.6 Å². The van der Waals surface area contributed by atoms with Crippen molar-refractivity contribution in [2.45, 2.75) is 24.5 Å². The molecule has 0 saturated carbocycles. The van der Waals surface area contributed by atoms with E-state index in [1.54, 1.807) is 0 Å². The minimum Gasteiger partial charge on any atom is -0.435 e. The lowest BCUT2D eigenvalue weighted by molar-refractivity contribution is -0.115. The van der Waals surface area contributed by atoms with Gasteiger partial charge in [-0.25, -0.2) is 0 Å². The normalized spacial score (nSPS) is 12.0. The first kappa shape index (κ1) is 17.3. The molecule has 0 bridgehead atoms. The number of alkyl halides is 2. The molecule has 0 heterocycles. The fraction of sp³-hybridized carbons (Fsp3) is 0.235. The Hall–Kier alpha value is -2.08. The number of ether oxygens (including phenoxy) is 1. The van der Waals surface area contributed by atoms with Crippen molar-refractivity contribution in [3.63, 3.8) is 0 Å². The van der Waals surface area contributed by atoms with Crippen LogP contribution in [0.3, 0.4) is 0 Å². The largest absolute Gasteiger partial charge is 0.435 e. The molecule has 0 aromatic heterocycles. The minimum absolute atomic E-state index is 0.0597. The van der Waals surface area contributed by atoms with E-state index in [1.165, 1.54) is 36.0 Å². The lowest BCUT2D eigenvalue weighted by Gasteiger charge is -2.12. The van der Waals surface area contributed by atoms with Gasteiger partial charge in [0.05, 0.1) is 5.25 Å². The first-order chi connectivity index (χ1) is 11.0. The van der Waals surface area contributed by atoms with Crippen LogP contribution in [0.25, 0.3) is 0 Å². The summed E-state index contributed by atoms with van der Waals surface area (Å²) in [6.45, 7) is -1.03. The van der Waals surface area contributed by atoms with E-state index < -0.39 is 6.61 Å². The van der Waals surface area contributed by atoms with E-state index in [1.807, 2.05) is 37.3 Å². The summed E-state index contributed by atoms with van der Waals surface area (Å²) in [6, 6.07) is 15.7. The van der Waals surface area contributed by atoms with Crippen molar-refractivity contribution in [2.75, 3.05) is 5.32 Å². The molecule has 0 radical (unpaired) electrons. The Labute approximate surface area is 138 Å². The quantitative estimate of drug-likeness (QED) is 0.805. The third-order valence-electron chi connectivity index (χ3n) is 3.06. The Morgan fingerprint density at radius 1 is 1.13 bits per heavy atom. The highest BCUT2D eigenvalue weighted by molar-refractivity contribution is 7.99. The SMILES string of the molecule is CC(SCc1ccccc1)C(=O)Nc1ccc(OC(F)F)cc1. The monoisotopic (exact) mass is 337 g/mol. The first-order valence-electron chi connectivity index (χ1n) is 7.06. The second-order valence-electron chi connectivity index (χ2n) is 4.83. The molecule has 1 N–H and O–H groups in total.